The first kappa shape index (κ1) is 59.9. The number of allylic oxidation sites excluding steroid dienone is 7. The zero-order valence-electron chi connectivity index (χ0n) is 39.4. The van der Waals surface area contributed by atoms with Crippen LogP contribution in [0.1, 0.15) is 207 Å². The molecule has 62 heavy (non-hydrogen) atoms. The summed E-state index contributed by atoms with van der Waals surface area (Å²) in [6.45, 7) is 4.48. The van der Waals surface area contributed by atoms with Crippen LogP contribution >= 0.6 is 7.82 Å². The van der Waals surface area contributed by atoms with Gasteiger partial charge < -0.3 is 29.7 Å². The predicted octanol–water partition coefficient (Wildman–Crippen LogP) is 12.5. The Hall–Kier alpha value is -2.11. The molecule has 0 aromatic carbocycles. The minimum Gasteiger partial charge on any atom is -0.462 e. The fourth-order valence-electron chi connectivity index (χ4n) is 6.72. The van der Waals surface area contributed by atoms with E-state index in [1.165, 1.54) is 96.3 Å². The highest BCUT2D eigenvalue weighted by atomic mass is 31.2. The lowest BCUT2D eigenvalue weighted by Crippen LogP contribution is -2.29. The molecule has 4 N–H and O–H groups in total. The summed E-state index contributed by atoms with van der Waals surface area (Å²) in [6.07, 6.45) is 44.3. The van der Waals surface area contributed by atoms with Crippen molar-refractivity contribution >= 4 is 19.8 Å². The molecule has 0 amide bonds. The van der Waals surface area contributed by atoms with Gasteiger partial charge in [0.05, 0.1) is 25.9 Å². The number of hydrogen-bond donors (Lipinski definition) is 4. The van der Waals surface area contributed by atoms with Crippen LogP contribution in [-0.2, 0) is 32.7 Å². The Morgan fingerprint density at radius 1 is 0.548 bits per heavy atom. The molecule has 2 unspecified atom stereocenters. The number of aliphatic hydroxyl groups is 3. The van der Waals surface area contributed by atoms with Gasteiger partial charge in [-0.15, -0.1) is 0 Å². The molecule has 0 radical (unpaired) electrons. The Kier molecular flexibility index (Phi) is 42.6. The molecular formula is C50H91O11P. The molecule has 4 atom stereocenters. The van der Waals surface area contributed by atoms with E-state index in [0.29, 0.717) is 25.7 Å². The summed E-state index contributed by atoms with van der Waals surface area (Å²) in [5.74, 6) is -0.168. The minimum atomic E-state index is -4.64. The SMILES string of the molecule is CCCC(O)C/C=C\C/C=C\C/C=C\C/C=C\CCCC(=O)OC[C@H](COP(=O)(O)OC[C@@H](O)CO)OC(=O)CCCCCCCCCCCCCCCCCCCCC(C)C. The fraction of sp³-hybridized carbons (Fsp3) is 0.800. The quantitative estimate of drug-likeness (QED) is 0.0199. The lowest BCUT2D eigenvalue weighted by atomic mass is 10.0. The van der Waals surface area contributed by atoms with Gasteiger partial charge in [0.2, 0.25) is 0 Å². The number of esters is 2. The molecule has 12 heteroatoms. The maximum atomic E-state index is 12.7. The van der Waals surface area contributed by atoms with Gasteiger partial charge in [-0.25, -0.2) is 4.57 Å². The van der Waals surface area contributed by atoms with E-state index in [1.54, 1.807) is 0 Å². The van der Waals surface area contributed by atoms with Crippen LogP contribution in [0.15, 0.2) is 48.6 Å². The molecule has 0 heterocycles. The third kappa shape index (κ3) is 44.5. The summed E-state index contributed by atoms with van der Waals surface area (Å²) in [5, 5.41) is 28.1. The first-order valence-electron chi connectivity index (χ1n) is 24.5. The molecular weight excluding hydrogens is 808 g/mol. The van der Waals surface area contributed by atoms with E-state index in [-0.39, 0.29) is 25.6 Å². The van der Waals surface area contributed by atoms with E-state index >= 15 is 0 Å². The van der Waals surface area contributed by atoms with Crippen LogP contribution in [0.2, 0.25) is 0 Å². The van der Waals surface area contributed by atoms with Crippen LogP contribution in [0.4, 0.5) is 0 Å². The van der Waals surface area contributed by atoms with E-state index in [1.807, 2.05) is 18.2 Å². The molecule has 0 aliphatic carbocycles. The number of phosphoric ester groups is 1. The Bertz CT molecular complexity index is 1200. The van der Waals surface area contributed by atoms with Crippen LogP contribution in [-0.4, -0.2) is 76.9 Å². The van der Waals surface area contributed by atoms with Crippen molar-refractivity contribution in [2.24, 2.45) is 5.92 Å². The third-order valence-corrected chi connectivity index (χ3v) is 11.4. The van der Waals surface area contributed by atoms with Crippen molar-refractivity contribution in [1.29, 1.82) is 0 Å². The van der Waals surface area contributed by atoms with E-state index < -0.39 is 51.8 Å². The van der Waals surface area contributed by atoms with Crippen molar-refractivity contribution in [1.82, 2.24) is 0 Å². The number of carbonyl (C=O) groups excluding carboxylic acids is 2. The summed E-state index contributed by atoms with van der Waals surface area (Å²) in [4.78, 5) is 35.1. The summed E-state index contributed by atoms with van der Waals surface area (Å²) < 4.78 is 32.7. The number of ether oxygens (including phenoxy) is 2. The maximum Gasteiger partial charge on any atom is 0.472 e. The van der Waals surface area contributed by atoms with Crippen molar-refractivity contribution in [2.45, 2.75) is 225 Å². The largest absolute Gasteiger partial charge is 0.472 e. The van der Waals surface area contributed by atoms with Gasteiger partial charge in [-0.05, 0) is 57.3 Å². The molecule has 0 aliphatic rings. The predicted molar refractivity (Wildman–Crippen MR) is 253 cm³/mol. The number of carbonyl (C=O) groups is 2. The normalized spacial score (nSPS) is 14.7. The van der Waals surface area contributed by atoms with Crippen LogP contribution in [0.3, 0.4) is 0 Å². The number of phosphoric acid groups is 1. The van der Waals surface area contributed by atoms with Crippen molar-refractivity contribution in [2.75, 3.05) is 26.4 Å². The molecule has 0 rings (SSSR count). The van der Waals surface area contributed by atoms with Gasteiger partial charge in [0.25, 0.3) is 0 Å². The van der Waals surface area contributed by atoms with Crippen LogP contribution in [0, 0.1) is 5.92 Å². The van der Waals surface area contributed by atoms with Crippen LogP contribution < -0.4 is 0 Å². The molecule has 0 bridgehead atoms. The molecule has 0 aromatic rings. The van der Waals surface area contributed by atoms with Gasteiger partial charge in [-0.3, -0.25) is 18.6 Å². The zero-order chi connectivity index (χ0) is 45.8. The Morgan fingerprint density at radius 2 is 1.00 bits per heavy atom. The van der Waals surface area contributed by atoms with Crippen molar-refractivity contribution in [3.8, 4) is 0 Å². The van der Waals surface area contributed by atoms with Crippen molar-refractivity contribution in [3.05, 3.63) is 48.6 Å². The van der Waals surface area contributed by atoms with Gasteiger partial charge in [0.1, 0.15) is 12.7 Å². The van der Waals surface area contributed by atoms with Gasteiger partial charge in [0.15, 0.2) is 6.10 Å². The van der Waals surface area contributed by atoms with E-state index in [9.17, 15) is 29.3 Å². The second-order valence-corrected chi connectivity index (χ2v) is 18.6. The van der Waals surface area contributed by atoms with Gasteiger partial charge in [0, 0.05) is 12.8 Å². The Morgan fingerprint density at radius 3 is 1.50 bits per heavy atom. The van der Waals surface area contributed by atoms with E-state index in [0.717, 1.165) is 57.3 Å². The number of unbranched alkanes of at least 4 members (excludes halogenated alkanes) is 18. The number of hydrogen-bond acceptors (Lipinski definition) is 10. The first-order valence-corrected chi connectivity index (χ1v) is 26.0. The van der Waals surface area contributed by atoms with E-state index in [4.69, 9.17) is 23.6 Å². The fourth-order valence-corrected chi connectivity index (χ4v) is 7.51. The topological polar surface area (TPSA) is 169 Å². The molecule has 362 valence electrons. The second kappa shape index (κ2) is 44.1. The highest BCUT2D eigenvalue weighted by Crippen LogP contribution is 2.43. The second-order valence-electron chi connectivity index (χ2n) is 17.2. The zero-order valence-corrected chi connectivity index (χ0v) is 40.3. The molecule has 0 spiro atoms. The number of rotatable bonds is 45. The molecule has 0 fully saturated rings. The monoisotopic (exact) mass is 899 g/mol. The lowest BCUT2D eigenvalue weighted by Gasteiger charge is -2.20. The van der Waals surface area contributed by atoms with Crippen LogP contribution in [0.5, 0.6) is 0 Å². The molecule has 0 saturated carbocycles. The van der Waals surface area contributed by atoms with Gasteiger partial charge in [-0.1, -0.05) is 191 Å². The smallest absolute Gasteiger partial charge is 0.462 e. The summed E-state index contributed by atoms with van der Waals surface area (Å²) in [7, 11) is -4.64. The van der Waals surface area contributed by atoms with E-state index in [2.05, 4.69) is 51.2 Å². The molecule has 0 aromatic heterocycles. The first-order chi connectivity index (χ1) is 30.0. The average molecular weight is 899 g/mol. The standard InChI is InChI=1S/C50H91O11P/c1-4-36-46(52)38-33-29-25-21-17-13-11-15-18-22-26-30-34-39-49(54)58-43-48(44-60-62(56,57)59-42-47(53)41-51)61-50(55)40-35-31-27-23-19-14-10-8-6-5-7-9-12-16-20-24-28-32-37-45(2)3/h11,15,17,21-22,26,29,33,45-48,51-53H,4-10,12-14,16,18-20,23-25,27-28,30-32,34-44H2,1-3H3,(H,56,57)/b15-11-,21-17-,26-22-,33-29-/t46?,47-,48+/m0/s1. The molecule has 0 aliphatic heterocycles. The lowest BCUT2D eigenvalue weighted by molar-refractivity contribution is -0.161. The molecule has 11 nitrogen and oxygen atoms in total. The highest BCUT2D eigenvalue weighted by molar-refractivity contribution is 7.47. The van der Waals surface area contributed by atoms with Gasteiger partial charge >= 0.3 is 19.8 Å². The summed E-state index contributed by atoms with van der Waals surface area (Å²) in [6, 6.07) is 0. The third-order valence-electron chi connectivity index (χ3n) is 10.5. The van der Waals surface area contributed by atoms with Crippen molar-refractivity contribution in [3.63, 3.8) is 0 Å². The molecule has 0 saturated heterocycles. The maximum absolute atomic E-state index is 12.7. The highest BCUT2D eigenvalue weighted by Gasteiger charge is 2.27. The summed E-state index contributed by atoms with van der Waals surface area (Å²) in [5.41, 5.74) is 0. The van der Waals surface area contributed by atoms with Gasteiger partial charge in [-0.2, -0.15) is 0 Å². The summed E-state index contributed by atoms with van der Waals surface area (Å²) >= 11 is 0. The Balaban J connectivity index is 4.28. The Labute approximate surface area is 377 Å². The average Bonchev–Trinajstić information content (AvgIpc) is 3.24. The minimum absolute atomic E-state index is 0.151. The van der Waals surface area contributed by atoms with Crippen LogP contribution in [0.25, 0.3) is 0 Å². The van der Waals surface area contributed by atoms with Crippen molar-refractivity contribution < 1.29 is 52.9 Å². The number of aliphatic hydroxyl groups excluding tert-OH is 3.